The first-order chi connectivity index (χ1) is 9.04. The van der Waals surface area contributed by atoms with Gasteiger partial charge in [-0.1, -0.05) is 0 Å². The van der Waals surface area contributed by atoms with Gasteiger partial charge in [-0.2, -0.15) is 0 Å². The molecule has 0 saturated heterocycles. The molecule has 0 fully saturated rings. The number of rotatable bonds is 8. The van der Waals surface area contributed by atoms with Crippen LogP contribution in [-0.2, 0) is 11.3 Å². The minimum absolute atomic E-state index is 0.305. The number of hydrogen-bond acceptors (Lipinski definition) is 4. The third kappa shape index (κ3) is 5.55. The van der Waals surface area contributed by atoms with Crippen molar-refractivity contribution in [2.75, 3.05) is 20.3 Å². The molecular weight excluding hydrogens is 249 g/mol. The maximum absolute atomic E-state index is 13.3. The van der Waals surface area contributed by atoms with E-state index in [0.717, 1.165) is 5.56 Å². The summed E-state index contributed by atoms with van der Waals surface area (Å²) >= 11 is 0. The van der Waals surface area contributed by atoms with Crippen molar-refractivity contribution >= 4 is 0 Å². The minimum atomic E-state index is -0.584. The second-order valence-corrected chi connectivity index (χ2v) is 4.49. The molecule has 2 N–H and O–H groups in total. The van der Waals surface area contributed by atoms with Crippen molar-refractivity contribution in [1.29, 1.82) is 0 Å². The third-order valence-electron chi connectivity index (χ3n) is 2.81. The predicted molar refractivity (Wildman–Crippen MR) is 71.8 cm³/mol. The molecule has 4 nitrogen and oxygen atoms in total. The molecule has 2 unspecified atom stereocenters. The predicted octanol–water partition coefficient (Wildman–Crippen LogP) is 1.71. The molecule has 108 valence electrons. The Morgan fingerprint density at radius 2 is 2.11 bits per heavy atom. The van der Waals surface area contributed by atoms with Crippen molar-refractivity contribution in [3.63, 3.8) is 0 Å². The summed E-state index contributed by atoms with van der Waals surface area (Å²) in [6.45, 7) is 5.19. The standard InChI is InChI=1S/C14H22FNO3/c1-10(17)11(2)19-14-5-4-13(15)8-12(14)9-16-6-7-18-3/h4-5,8,10-11,16-17H,6-7,9H2,1-3H3. The van der Waals surface area contributed by atoms with Crippen molar-refractivity contribution in [3.8, 4) is 5.75 Å². The number of benzene rings is 1. The van der Waals surface area contributed by atoms with Crippen LogP contribution in [0.5, 0.6) is 5.75 Å². The topological polar surface area (TPSA) is 50.7 Å². The minimum Gasteiger partial charge on any atom is -0.488 e. The summed E-state index contributed by atoms with van der Waals surface area (Å²) in [4.78, 5) is 0. The first-order valence-corrected chi connectivity index (χ1v) is 6.37. The third-order valence-corrected chi connectivity index (χ3v) is 2.81. The molecule has 1 rings (SSSR count). The average molecular weight is 271 g/mol. The van der Waals surface area contributed by atoms with Crippen LogP contribution in [0, 0.1) is 5.82 Å². The molecule has 0 aromatic heterocycles. The lowest BCUT2D eigenvalue weighted by atomic mass is 10.2. The normalized spacial score (nSPS) is 14.2. The Morgan fingerprint density at radius 1 is 1.37 bits per heavy atom. The molecule has 5 heteroatoms. The SMILES string of the molecule is COCCNCc1cc(F)ccc1OC(C)C(C)O. The van der Waals surface area contributed by atoms with Crippen LogP contribution < -0.4 is 10.1 Å². The number of methoxy groups -OCH3 is 1. The zero-order valence-corrected chi connectivity index (χ0v) is 11.6. The molecule has 2 atom stereocenters. The average Bonchev–Trinajstić information content (AvgIpc) is 2.37. The zero-order valence-electron chi connectivity index (χ0n) is 11.6. The molecule has 0 heterocycles. The van der Waals surface area contributed by atoms with E-state index >= 15 is 0 Å². The Bertz CT molecular complexity index is 385. The summed E-state index contributed by atoms with van der Waals surface area (Å²) in [5.74, 6) is 0.278. The number of aliphatic hydroxyl groups is 1. The van der Waals surface area contributed by atoms with E-state index < -0.39 is 6.10 Å². The highest BCUT2D eigenvalue weighted by Gasteiger charge is 2.13. The van der Waals surface area contributed by atoms with Crippen molar-refractivity contribution in [3.05, 3.63) is 29.6 Å². The first kappa shape index (κ1) is 15.9. The Labute approximate surface area is 113 Å². The Kier molecular flexibility index (Phi) is 6.77. The van der Waals surface area contributed by atoms with E-state index in [0.29, 0.717) is 25.4 Å². The zero-order chi connectivity index (χ0) is 14.3. The molecule has 0 radical (unpaired) electrons. The van der Waals surface area contributed by atoms with E-state index in [1.807, 2.05) is 0 Å². The van der Waals surface area contributed by atoms with E-state index in [1.165, 1.54) is 12.1 Å². The smallest absolute Gasteiger partial charge is 0.124 e. The van der Waals surface area contributed by atoms with Crippen molar-refractivity contribution < 1.29 is 19.0 Å². The van der Waals surface area contributed by atoms with Gasteiger partial charge in [-0.25, -0.2) is 4.39 Å². The van der Waals surface area contributed by atoms with Gasteiger partial charge in [0.2, 0.25) is 0 Å². The van der Waals surface area contributed by atoms with Gasteiger partial charge in [-0.05, 0) is 32.0 Å². The summed E-state index contributed by atoms with van der Waals surface area (Å²) in [5.41, 5.74) is 0.726. The highest BCUT2D eigenvalue weighted by molar-refractivity contribution is 5.34. The van der Waals surface area contributed by atoms with Gasteiger partial charge in [0.05, 0.1) is 12.7 Å². The van der Waals surface area contributed by atoms with Gasteiger partial charge in [0.1, 0.15) is 17.7 Å². The number of halogens is 1. The molecule has 0 spiro atoms. The quantitative estimate of drug-likeness (QED) is 0.707. The van der Waals surface area contributed by atoms with Gasteiger partial charge in [0.15, 0.2) is 0 Å². The van der Waals surface area contributed by atoms with E-state index in [-0.39, 0.29) is 11.9 Å². The van der Waals surface area contributed by atoms with Gasteiger partial charge in [0, 0.05) is 25.8 Å². The van der Waals surface area contributed by atoms with Crippen LogP contribution in [0.15, 0.2) is 18.2 Å². The van der Waals surface area contributed by atoms with E-state index in [1.54, 1.807) is 27.0 Å². The fourth-order valence-electron chi connectivity index (χ4n) is 1.50. The van der Waals surface area contributed by atoms with Crippen LogP contribution >= 0.6 is 0 Å². The number of aliphatic hydroxyl groups excluding tert-OH is 1. The molecule has 0 amide bonds. The molecule has 0 aliphatic heterocycles. The number of nitrogens with one attached hydrogen (secondary N) is 1. The summed E-state index contributed by atoms with van der Waals surface area (Å²) in [5, 5.41) is 12.6. The molecule has 0 saturated carbocycles. The van der Waals surface area contributed by atoms with Crippen LogP contribution in [0.4, 0.5) is 4.39 Å². The van der Waals surface area contributed by atoms with Crippen LogP contribution in [0.1, 0.15) is 19.4 Å². The number of hydrogen-bond donors (Lipinski definition) is 2. The van der Waals surface area contributed by atoms with Gasteiger partial charge in [0.25, 0.3) is 0 Å². The lowest BCUT2D eigenvalue weighted by Gasteiger charge is -2.19. The Hall–Kier alpha value is -1.17. The second kappa shape index (κ2) is 8.09. The van der Waals surface area contributed by atoms with Gasteiger partial charge in [-0.3, -0.25) is 0 Å². The largest absolute Gasteiger partial charge is 0.488 e. The highest BCUT2D eigenvalue weighted by atomic mass is 19.1. The molecular formula is C14H22FNO3. The number of ether oxygens (including phenoxy) is 2. The maximum atomic E-state index is 13.3. The fourth-order valence-corrected chi connectivity index (χ4v) is 1.50. The summed E-state index contributed by atoms with van der Waals surface area (Å²) < 4.78 is 23.8. The molecule has 0 bridgehead atoms. The van der Waals surface area contributed by atoms with E-state index in [9.17, 15) is 9.50 Å². The molecule has 1 aromatic rings. The van der Waals surface area contributed by atoms with Gasteiger partial charge < -0.3 is 19.9 Å². The summed E-state index contributed by atoms with van der Waals surface area (Å²) in [6, 6.07) is 4.37. The lowest BCUT2D eigenvalue weighted by molar-refractivity contribution is 0.0597. The maximum Gasteiger partial charge on any atom is 0.124 e. The second-order valence-electron chi connectivity index (χ2n) is 4.49. The van der Waals surface area contributed by atoms with Crippen molar-refractivity contribution in [2.45, 2.75) is 32.6 Å². The molecule has 0 aliphatic rings. The van der Waals surface area contributed by atoms with E-state index in [4.69, 9.17) is 9.47 Å². The fraction of sp³-hybridized carbons (Fsp3) is 0.571. The monoisotopic (exact) mass is 271 g/mol. The van der Waals surface area contributed by atoms with Gasteiger partial charge in [-0.15, -0.1) is 0 Å². The van der Waals surface area contributed by atoms with Crippen molar-refractivity contribution in [2.24, 2.45) is 0 Å². The van der Waals surface area contributed by atoms with Crippen LogP contribution in [-0.4, -0.2) is 37.6 Å². The highest BCUT2D eigenvalue weighted by Crippen LogP contribution is 2.21. The molecule has 19 heavy (non-hydrogen) atoms. The summed E-state index contributed by atoms with van der Waals surface area (Å²) in [7, 11) is 1.63. The van der Waals surface area contributed by atoms with Crippen LogP contribution in [0.2, 0.25) is 0 Å². The van der Waals surface area contributed by atoms with Crippen molar-refractivity contribution in [1.82, 2.24) is 5.32 Å². The van der Waals surface area contributed by atoms with Crippen LogP contribution in [0.3, 0.4) is 0 Å². The molecule has 0 aliphatic carbocycles. The summed E-state index contributed by atoms with van der Waals surface area (Å²) in [6.07, 6.45) is -0.928. The molecule has 1 aromatic carbocycles. The first-order valence-electron chi connectivity index (χ1n) is 6.37. The van der Waals surface area contributed by atoms with E-state index in [2.05, 4.69) is 5.32 Å². The van der Waals surface area contributed by atoms with Gasteiger partial charge >= 0.3 is 0 Å². The lowest BCUT2D eigenvalue weighted by Crippen LogP contribution is -2.26. The Morgan fingerprint density at radius 3 is 2.74 bits per heavy atom. The Balaban J connectivity index is 2.68. The van der Waals surface area contributed by atoms with Crippen LogP contribution in [0.25, 0.3) is 0 Å².